The molecular weight excluding hydrogens is 452 g/mol. The van der Waals surface area contributed by atoms with Crippen LogP contribution in [0.2, 0.25) is 0 Å². The van der Waals surface area contributed by atoms with Gasteiger partial charge in [0, 0.05) is 24.0 Å². The molecule has 4 rings (SSSR count). The van der Waals surface area contributed by atoms with Crippen LogP contribution in [-0.4, -0.2) is 70.4 Å². The zero-order valence-electron chi connectivity index (χ0n) is 17.6. The van der Waals surface area contributed by atoms with Crippen molar-refractivity contribution in [1.29, 1.82) is 0 Å². The van der Waals surface area contributed by atoms with E-state index in [4.69, 9.17) is 29.2 Å². The molecule has 2 aromatic rings. The lowest BCUT2D eigenvalue weighted by Gasteiger charge is -2.25. The van der Waals surface area contributed by atoms with E-state index < -0.39 is 41.8 Å². The van der Waals surface area contributed by atoms with Gasteiger partial charge in [0.1, 0.15) is 42.3 Å². The molecule has 0 fully saturated rings. The van der Waals surface area contributed by atoms with Crippen LogP contribution in [0, 0.1) is 0 Å². The Bertz CT molecular complexity index is 1070. The fraction of sp³-hybridized carbons (Fsp3) is 0.304. The summed E-state index contributed by atoms with van der Waals surface area (Å²) in [6.45, 7) is -0.420. The third kappa shape index (κ3) is 4.64. The predicted molar refractivity (Wildman–Crippen MR) is 111 cm³/mol. The first-order chi connectivity index (χ1) is 16.2. The molecule has 2 aliphatic heterocycles. The summed E-state index contributed by atoms with van der Waals surface area (Å²) >= 11 is 0. The molecule has 178 valence electrons. The summed E-state index contributed by atoms with van der Waals surface area (Å²) in [6.07, 6.45) is -4.61. The topological polar surface area (TPSA) is 166 Å². The number of ether oxygens (including phenoxy) is 4. The number of carbonyl (C=O) groups excluding carboxylic acids is 2. The zero-order valence-corrected chi connectivity index (χ0v) is 17.6. The monoisotopic (exact) mass is 472 g/mol. The van der Waals surface area contributed by atoms with Gasteiger partial charge in [-0.2, -0.15) is 0 Å². The van der Waals surface area contributed by atoms with Crippen molar-refractivity contribution < 1.29 is 53.4 Å². The second-order valence-corrected chi connectivity index (χ2v) is 7.70. The van der Waals surface area contributed by atoms with Gasteiger partial charge >= 0.3 is 11.9 Å². The molecule has 0 amide bonds. The summed E-state index contributed by atoms with van der Waals surface area (Å²) in [4.78, 5) is 46.4. The number of ketones is 2. The van der Waals surface area contributed by atoms with Gasteiger partial charge in [-0.05, 0) is 24.3 Å². The average molecular weight is 472 g/mol. The molecule has 11 nitrogen and oxygen atoms in total. The molecule has 0 saturated carbocycles. The second kappa shape index (κ2) is 9.40. The van der Waals surface area contributed by atoms with Gasteiger partial charge in [0.15, 0.2) is 11.6 Å². The minimum atomic E-state index is -1.57. The van der Waals surface area contributed by atoms with E-state index in [-0.39, 0.29) is 49.1 Å². The van der Waals surface area contributed by atoms with Crippen molar-refractivity contribution in [3.05, 3.63) is 47.5 Å². The number of fused-ring (bicyclic) bond motifs is 2. The molecule has 0 aliphatic carbocycles. The number of hydrogen-bond donors (Lipinski definition) is 3. The Morgan fingerprint density at radius 1 is 0.824 bits per heavy atom. The van der Waals surface area contributed by atoms with E-state index in [0.717, 1.165) is 0 Å². The Morgan fingerprint density at radius 2 is 1.24 bits per heavy atom. The third-order valence-electron chi connectivity index (χ3n) is 5.27. The number of Topliss-reactive ketones (excluding diaryl/α,β-unsaturated/α-hetero) is 2. The standard InChI is InChI=1S/C23H20O11/c24-11(9-31-16-3-1-5-18-12(16)7-14(25)20(33-18)22(27)28)10-32-17-4-2-6-19-13(17)8-15(26)21(34-19)23(29)30/h1-6,11,20-21,24H,7-10H2,(H,27,28)(H,29,30). The van der Waals surface area contributed by atoms with Crippen LogP contribution in [0.25, 0.3) is 0 Å². The highest BCUT2D eigenvalue weighted by atomic mass is 16.5. The Morgan fingerprint density at radius 3 is 1.62 bits per heavy atom. The van der Waals surface area contributed by atoms with E-state index in [1.165, 1.54) is 12.1 Å². The highest BCUT2D eigenvalue weighted by Crippen LogP contribution is 2.35. The Balaban J connectivity index is 1.38. The molecule has 0 bridgehead atoms. The minimum Gasteiger partial charge on any atom is -0.490 e. The highest BCUT2D eigenvalue weighted by molar-refractivity contribution is 6.04. The van der Waals surface area contributed by atoms with Crippen molar-refractivity contribution in [3.8, 4) is 23.0 Å². The summed E-state index contributed by atoms with van der Waals surface area (Å²) in [7, 11) is 0. The summed E-state index contributed by atoms with van der Waals surface area (Å²) in [5.74, 6) is -3.00. The molecule has 11 heteroatoms. The van der Waals surface area contributed by atoms with Gasteiger partial charge in [0.2, 0.25) is 0 Å². The normalized spacial score (nSPS) is 19.7. The third-order valence-corrected chi connectivity index (χ3v) is 5.27. The molecule has 2 aromatic carbocycles. The first-order valence-corrected chi connectivity index (χ1v) is 10.3. The van der Waals surface area contributed by atoms with E-state index in [0.29, 0.717) is 11.1 Å². The van der Waals surface area contributed by atoms with Crippen LogP contribution in [0.15, 0.2) is 36.4 Å². The van der Waals surface area contributed by atoms with Crippen LogP contribution in [0.1, 0.15) is 11.1 Å². The summed E-state index contributed by atoms with van der Waals surface area (Å²) < 4.78 is 21.7. The van der Waals surface area contributed by atoms with Crippen LogP contribution in [0.3, 0.4) is 0 Å². The molecule has 0 saturated heterocycles. The van der Waals surface area contributed by atoms with Crippen LogP contribution in [-0.2, 0) is 32.0 Å². The van der Waals surface area contributed by atoms with Crippen molar-refractivity contribution >= 4 is 23.5 Å². The van der Waals surface area contributed by atoms with Gasteiger partial charge < -0.3 is 34.3 Å². The van der Waals surface area contributed by atoms with Crippen LogP contribution in [0.5, 0.6) is 23.0 Å². The highest BCUT2D eigenvalue weighted by Gasteiger charge is 2.36. The molecule has 0 spiro atoms. The maximum Gasteiger partial charge on any atom is 0.352 e. The van der Waals surface area contributed by atoms with Crippen molar-refractivity contribution in [2.24, 2.45) is 0 Å². The van der Waals surface area contributed by atoms with E-state index in [2.05, 4.69) is 0 Å². The molecule has 2 aliphatic rings. The second-order valence-electron chi connectivity index (χ2n) is 7.70. The van der Waals surface area contributed by atoms with E-state index in [9.17, 15) is 24.3 Å². The first-order valence-electron chi connectivity index (χ1n) is 10.3. The molecule has 2 heterocycles. The van der Waals surface area contributed by atoms with Crippen LogP contribution < -0.4 is 18.9 Å². The fourth-order valence-electron chi connectivity index (χ4n) is 3.65. The Hall–Kier alpha value is -4.12. The number of aliphatic hydroxyl groups is 1. The zero-order chi connectivity index (χ0) is 24.4. The van der Waals surface area contributed by atoms with Crippen molar-refractivity contribution in [1.82, 2.24) is 0 Å². The predicted octanol–water partition coefficient (Wildman–Crippen LogP) is 0.420. The minimum absolute atomic E-state index is 0.184. The first kappa shape index (κ1) is 23.1. The van der Waals surface area contributed by atoms with Gasteiger partial charge in [-0.3, -0.25) is 9.59 Å². The number of aliphatic hydroxyl groups excluding tert-OH is 1. The molecule has 34 heavy (non-hydrogen) atoms. The van der Waals surface area contributed by atoms with Gasteiger partial charge in [-0.15, -0.1) is 0 Å². The molecular formula is C23H20O11. The molecule has 2 unspecified atom stereocenters. The van der Waals surface area contributed by atoms with Crippen LogP contribution >= 0.6 is 0 Å². The molecule has 0 aromatic heterocycles. The molecule has 2 atom stereocenters. The Labute approximate surface area is 192 Å². The van der Waals surface area contributed by atoms with Gasteiger partial charge in [-0.25, -0.2) is 9.59 Å². The van der Waals surface area contributed by atoms with Crippen LogP contribution in [0.4, 0.5) is 0 Å². The van der Waals surface area contributed by atoms with Gasteiger partial charge in [0.05, 0.1) is 0 Å². The summed E-state index contributed by atoms with van der Waals surface area (Å²) in [5, 5.41) is 28.5. The van der Waals surface area contributed by atoms with E-state index in [1.807, 2.05) is 0 Å². The van der Waals surface area contributed by atoms with Crippen molar-refractivity contribution in [3.63, 3.8) is 0 Å². The fourth-order valence-corrected chi connectivity index (χ4v) is 3.65. The number of hydrogen-bond acceptors (Lipinski definition) is 9. The van der Waals surface area contributed by atoms with Crippen molar-refractivity contribution in [2.75, 3.05) is 13.2 Å². The summed E-state index contributed by atoms with van der Waals surface area (Å²) in [5.41, 5.74) is 0.776. The molecule has 0 radical (unpaired) electrons. The van der Waals surface area contributed by atoms with Gasteiger partial charge in [0.25, 0.3) is 12.2 Å². The lowest BCUT2D eigenvalue weighted by Crippen LogP contribution is -2.40. The summed E-state index contributed by atoms with van der Waals surface area (Å²) in [6, 6.07) is 9.34. The number of carbonyl (C=O) groups is 4. The number of benzene rings is 2. The Kier molecular flexibility index (Phi) is 6.37. The molecule has 3 N–H and O–H groups in total. The lowest BCUT2D eigenvalue weighted by molar-refractivity contribution is -0.152. The van der Waals surface area contributed by atoms with Crippen molar-refractivity contribution in [2.45, 2.75) is 31.2 Å². The smallest absolute Gasteiger partial charge is 0.352 e. The number of carboxylic acids is 2. The quantitative estimate of drug-likeness (QED) is 0.456. The SMILES string of the molecule is O=C(O)C1Oc2cccc(OCC(O)COc3cccc4c3CC(=O)C(C(=O)O)O4)c2CC1=O. The number of aliphatic carboxylic acids is 2. The maximum absolute atomic E-state index is 12.0. The maximum atomic E-state index is 12.0. The average Bonchev–Trinajstić information content (AvgIpc) is 2.80. The number of carboxylic acid groups (broad SMARTS) is 2. The van der Waals surface area contributed by atoms with Gasteiger partial charge in [-0.1, -0.05) is 12.1 Å². The van der Waals surface area contributed by atoms with E-state index >= 15 is 0 Å². The number of rotatable bonds is 8. The van der Waals surface area contributed by atoms with E-state index in [1.54, 1.807) is 24.3 Å². The largest absolute Gasteiger partial charge is 0.490 e. The lowest BCUT2D eigenvalue weighted by atomic mass is 10.00.